The van der Waals surface area contributed by atoms with Gasteiger partial charge >= 0.3 is 0 Å². The molecule has 132 valence electrons. The molecule has 0 bridgehead atoms. The van der Waals surface area contributed by atoms with Crippen molar-refractivity contribution in [2.45, 2.75) is 43.2 Å². The van der Waals surface area contributed by atoms with E-state index < -0.39 is 0 Å². The SMILES string of the molecule is O=C(CSc1nnc(C2CC2)o1)N1CCC(Cc2ccccc2)CC1. The zero-order valence-corrected chi connectivity index (χ0v) is 15.1. The quantitative estimate of drug-likeness (QED) is 0.740. The van der Waals surface area contributed by atoms with Crippen LogP contribution in [0.1, 0.15) is 43.1 Å². The molecule has 0 radical (unpaired) electrons. The molecule has 5 nitrogen and oxygen atoms in total. The number of carbonyl (C=O) groups excluding carboxylic acids is 1. The highest BCUT2D eigenvalue weighted by molar-refractivity contribution is 7.99. The monoisotopic (exact) mass is 357 g/mol. The Labute approximate surface area is 152 Å². The molecular formula is C19H23N3O2S. The fourth-order valence-corrected chi connectivity index (χ4v) is 4.00. The van der Waals surface area contributed by atoms with Gasteiger partial charge in [-0.2, -0.15) is 0 Å². The van der Waals surface area contributed by atoms with Crippen LogP contribution in [0.3, 0.4) is 0 Å². The molecule has 1 saturated carbocycles. The van der Waals surface area contributed by atoms with Crippen molar-refractivity contribution in [2.24, 2.45) is 5.92 Å². The van der Waals surface area contributed by atoms with Crippen LogP contribution in [0.25, 0.3) is 0 Å². The number of hydrogen-bond donors (Lipinski definition) is 0. The topological polar surface area (TPSA) is 59.2 Å². The summed E-state index contributed by atoms with van der Waals surface area (Å²) < 4.78 is 5.60. The second-order valence-corrected chi connectivity index (χ2v) is 7.91. The Bertz CT molecular complexity index is 706. The Hall–Kier alpha value is -1.82. The van der Waals surface area contributed by atoms with Crippen LogP contribution < -0.4 is 0 Å². The second kappa shape index (κ2) is 7.60. The largest absolute Gasteiger partial charge is 0.416 e. The van der Waals surface area contributed by atoms with E-state index in [2.05, 4.69) is 40.5 Å². The molecule has 0 spiro atoms. The van der Waals surface area contributed by atoms with E-state index in [9.17, 15) is 4.79 Å². The van der Waals surface area contributed by atoms with Crippen molar-refractivity contribution >= 4 is 17.7 Å². The van der Waals surface area contributed by atoms with Crippen molar-refractivity contribution in [2.75, 3.05) is 18.8 Å². The van der Waals surface area contributed by atoms with Crippen molar-refractivity contribution in [3.63, 3.8) is 0 Å². The Morgan fingerprint density at radius 2 is 1.88 bits per heavy atom. The lowest BCUT2D eigenvalue weighted by atomic mass is 9.90. The van der Waals surface area contributed by atoms with Gasteiger partial charge in [-0.1, -0.05) is 42.1 Å². The Morgan fingerprint density at radius 1 is 1.12 bits per heavy atom. The molecule has 4 rings (SSSR count). The summed E-state index contributed by atoms with van der Waals surface area (Å²) in [6, 6.07) is 10.6. The van der Waals surface area contributed by atoms with E-state index in [0.717, 1.165) is 51.1 Å². The van der Waals surface area contributed by atoms with Crippen LogP contribution in [0.5, 0.6) is 0 Å². The molecule has 25 heavy (non-hydrogen) atoms. The maximum absolute atomic E-state index is 12.4. The summed E-state index contributed by atoms with van der Waals surface area (Å²) in [7, 11) is 0. The number of thioether (sulfide) groups is 1. The molecule has 1 aliphatic heterocycles. The number of likely N-dealkylation sites (tertiary alicyclic amines) is 1. The molecule has 1 amide bonds. The maximum atomic E-state index is 12.4. The lowest BCUT2D eigenvalue weighted by Gasteiger charge is -2.32. The highest BCUT2D eigenvalue weighted by Gasteiger charge is 2.29. The third-order valence-corrected chi connectivity index (χ3v) is 5.81. The zero-order valence-electron chi connectivity index (χ0n) is 14.3. The molecule has 2 heterocycles. The normalized spacial score (nSPS) is 18.5. The van der Waals surface area contributed by atoms with Crippen molar-refractivity contribution in [1.29, 1.82) is 0 Å². The summed E-state index contributed by atoms with van der Waals surface area (Å²) in [5.41, 5.74) is 1.39. The summed E-state index contributed by atoms with van der Waals surface area (Å²) >= 11 is 1.36. The molecule has 2 fully saturated rings. The van der Waals surface area contributed by atoms with Gasteiger partial charge in [-0.15, -0.1) is 10.2 Å². The first-order valence-electron chi connectivity index (χ1n) is 9.06. The van der Waals surface area contributed by atoms with Gasteiger partial charge in [0.1, 0.15) is 0 Å². The van der Waals surface area contributed by atoms with Crippen LogP contribution in [0, 0.1) is 5.92 Å². The molecule has 1 aliphatic carbocycles. The molecular weight excluding hydrogens is 334 g/mol. The number of benzene rings is 1. The molecule has 1 aromatic carbocycles. The van der Waals surface area contributed by atoms with Gasteiger partial charge in [-0.25, -0.2) is 0 Å². The van der Waals surface area contributed by atoms with Crippen LogP contribution in [0.15, 0.2) is 40.0 Å². The van der Waals surface area contributed by atoms with E-state index in [1.807, 2.05) is 4.90 Å². The van der Waals surface area contributed by atoms with Gasteiger partial charge in [-0.3, -0.25) is 4.79 Å². The lowest BCUT2D eigenvalue weighted by molar-refractivity contribution is -0.129. The van der Waals surface area contributed by atoms with E-state index in [4.69, 9.17) is 4.42 Å². The Morgan fingerprint density at radius 3 is 2.60 bits per heavy atom. The van der Waals surface area contributed by atoms with Crippen LogP contribution in [0.4, 0.5) is 0 Å². The van der Waals surface area contributed by atoms with E-state index in [0.29, 0.717) is 22.8 Å². The number of amides is 1. The van der Waals surface area contributed by atoms with E-state index in [1.165, 1.54) is 17.3 Å². The third-order valence-electron chi connectivity index (χ3n) is 5.00. The van der Waals surface area contributed by atoms with Crippen molar-refractivity contribution in [3.05, 3.63) is 41.8 Å². The molecule has 0 N–H and O–H groups in total. The van der Waals surface area contributed by atoms with E-state index in [1.54, 1.807) is 0 Å². The maximum Gasteiger partial charge on any atom is 0.277 e. The highest BCUT2D eigenvalue weighted by atomic mass is 32.2. The number of aromatic nitrogens is 2. The summed E-state index contributed by atoms with van der Waals surface area (Å²) in [6.07, 6.45) is 5.56. The third kappa shape index (κ3) is 4.42. The lowest BCUT2D eigenvalue weighted by Crippen LogP contribution is -2.39. The number of hydrogen-bond acceptors (Lipinski definition) is 5. The average molecular weight is 357 g/mol. The van der Waals surface area contributed by atoms with Crippen molar-refractivity contribution in [3.8, 4) is 0 Å². The molecule has 2 aliphatic rings. The summed E-state index contributed by atoms with van der Waals surface area (Å²) in [4.78, 5) is 14.4. The molecule has 0 unspecified atom stereocenters. The van der Waals surface area contributed by atoms with Gasteiger partial charge in [0.05, 0.1) is 5.75 Å². The minimum Gasteiger partial charge on any atom is -0.416 e. The summed E-state index contributed by atoms with van der Waals surface area (Å²) in [6.45, 7) is 1.71. The van der Waals surface area contributed by atoms with Crippen molar-refractivity contribution < 1.29 is 9.21 Å². The van der Waals surface area contributed by atoms with E-state index in [-0.39, 0.29) is 5.91 Å². The van der Waals surface area contributed by atoms with Gasteiger partial charge in [0.25, 0.3) is 5.22 Å². The standard InChI is InChI=1S/C19H23N3O2S/c23-17(13-25-19-21-20-18(24-19)16-6-7-16)22-10-8-15(9-11-22)12-14-4-2-1-3-5-14/h1-5,15-16H,6-13H2. The zero-order chi connectivity index (χ0) is 17.1. The number of carbonyl (C=O) groups is 1. The minimum atomic E-state index is 0.175. The summed E-state index contributed by atoms with van der Waals surface area (Å²) in [5.74, 6) is 2.43. The first-order chi connectivity index (χ1) is 12.3. The molecule has 0 atom stereocenters. The first-order valence-corrected chi connectivity index (χ1v) is 10.0. The highest BCUT2D eigenvalue weighted by Crippen LogP contribution is 2.39. The number of nitrogens with zero attached hydrogens (tertiary/aromatic N) is 3. The fourth-order valence-electron chi connectivity index (χ4n) is 3.32. The van der Waals surface area contributed by atoms with Crippen LogP contribution in [-0.4, -0.2) is 39.8 Å². The first kappa shape index (κ1) is 16.6. The van der Waals surface area contributed by atoms with Crippen LogP contribution in [0.2, 0.25) is 0 Å². The predicted molar refractivity (Wildman–Crippen MR) is 96.4 cm³/mol. The van der Waals surface area contributed by atoms with E-state index >= 15 is 0 Å². The smallest absolute Gasteiger partial charge is 0.277 e. The van der Waals surface area contributed by atoms with Gasteiger partial charge in [0, 0.05) is 19.0 Å². The van der Waals surface area contributed by atoms with Crippen LogP contribution in [-0.2, 0) is 11.2 Å². The minimum absolute atomic E-state index is 0.175. The molecule has 1 aromatic heterocycles. The molecule has 1 saturated heterocycles. The molecule has 6 heteroatoms. The number of rotatable bonds is 6. The Balaban J connectivity index is 1.21. The van der Waals surface area contributed by atoms with Crippen LogP contribution >= 0.6 is 11.8 Å². The van der Waals surface area contributed by atoms with Crippen molar-refractivity contribution in [1.82, 2.24) is 15.1 Å². The average Bonchev–Trinajstić information content (AvgIpc) is 3.39. The van der Waals surface area contributed by atoms with Gasteiger partial charge in [0.15, 0.2) is 0 Å². The Kier molecular flexibility index (Phi) is 5.06. The summed E-state index contributed by atoms with van der Waals surface area (Å²) in [5, 5.41) is 8.61. The fraction of sp³-hybridized carbons (Fsp3) is 0.526. The number of piperidine rings is 1. The molecule has 2 aromatic rings. The predicted octanol–water partition coefficient (Wildman–Crippen LogP) is 3.52. The van der Waals surface area contributed by atoms with Gasteiger partial charge < -0.3 is 9.32 Å². The second-order valence-electron chi connectivity index (χ2n) is 6.98. The van der Waals surface area contributed by atoms with Gasteiger partial charge in [-0.05, 0) is 43.6 Å². The van der Waals surface area contributed by atoms with Gasteiger partial charge in [0.2, 0.25) is 11.8 Å².